The van der Waals surface area contributed by atoms with Gasteiger partial charge >= 0.3 is 5.97 Å². The fourth-order valence-corrected chi connectivity index (χ4v) is 3.06. The van der Waals surface area contributed by atoms with Crippen LogP contribution in [-0.2, 0) is 14.9 Å². The number of halogens is 1. The van der Waals surface area contributed by atoms with Crippen LogP contribution in [-0.4, -0.2) is 13.1 Å². The van der Waals surface area contributed by atoms with E-state index in [1.165, 1.54) is 7.11 Å². The lowest BCUT2D eigenvalue weighted by Gasteiger charge is -2.09. The van der Waals surface area contributed by atoms with Gasteiger partial charge in [0.05, 0.1) is 10.9 Å². The maximum Gasteiger partial charge on any atom is 0.317 e. The summed E-state index contributed by atoms with van der Waals surface area (Å²) < 4.78 is 5.86. The molecule has 1 aromatic rings. The van der Waals surface area contributed by atoms with Crippen molar-refractivity contribution in [2.75, 3.05) is 7.11 Å². The SMILES string of the molecule is COC(=O)C1(c2ccc(Br)s2)CC1. The highest BCUT2D eigenvalue weighted by atomic mass is 79.9. The molecule has 0 aliphatic heterocycles. The Morgan fingerprint density at radius 3 is 2.69 bits per heavy atom. The number of carbonyl (C=O) groups is 1. The zero-order valence-electron chi connectivity index (χ0n) is 7.17. The van der Waals surface area contributed by atoms with Crippen LogP contribution in [0.1, 0.15) is 17.7 Å². The van der Waals surface area contributed by atoms with Gasteiger partial charge in [0.1, 0.15) is 5.41 Å². The summed E-state index contributed by atoms with van der Waals surface area (Å²) in [6.45, 7) is 0. The van der Waals surface area contributed by atoms with E-state index in [-0.39, 0.29) is 11.4 Å². The lowest BCUT2D eigenvalue weighted by atomic mass is 10.1. The Balaban J connectivity index is 2.30. The van der Waals surface area contributed by atoms with E-state index in [4.69, 9.17) is 4.74 Å². The van der Waals surface area contributed by atoms with Gasteiger partial charge in [0.25, 0.3) is 0 Å². The summed E-state index contributed by atoms with van der Waals surface area (Å²) in [5.74, 6) is -0.0955. The van der Waals surface area contributed by atoms with Crippen LogP contribution in [0.15, 0.2) is 15.9 Å². The van der Waals surface area contributed by atoms with E-state index in [0.717, 1.165) is 21.5 Å². The van der Waals surface area contributed by atoms with Gasteiger partial charge in [0, 0.05) is 4.88 Å². The molecule has 70 valence electrons. The molecule has 0 radical (unpaired) electrons. The Labute approximate surface area is 89.0 Å². The molecule has 1 aliphatic rings. The van der Waals surface area contributed by atoms with Crippen molar-refractivity contribution in [1.29, 1.82) is 0 Å². The van der Waals surface area contributed by atoms with Gasteiger partial charge in [-0.1, -0.05) is 0 Å². The average molecular weight is 261 g/mol. The number of esters is 1. The van der Waals surface area contributed by atoms with Gasteiger partial charge in [0.2, 0.25) is 0 Å². The third kappa shape index (κ3) is 1.42. The second-order valence-corrected chi connectivity index (χ2v) is 5.64. The van der Waals surface area contributed by atoms with Crippen LogP contribution in [0.2, 0.25) is 0 Å². The number of rotatable bonds is 2. The molecule has 2 nitrogen and oxygen atoms in total. The Bertz CT molecular complexity index is 341. The third-order valence-corrected chi connectivity index (χ3v) is 4.20. The van der Waals surface area contributed by atoms with E-state index in [1.807, 2.05) is 12.1 Å². The normalized spacial score (nSPS) is 18.3. The zero-order valence-corrected chi connectivity index (χ0v) is 9.57. The number of hydrogen-bond donors (Lipinski definition) is 0. The molecule has 13 heavy (non-hydrogen) atoms. The summed E-state index contributed by atoms with van der Waals surface area (Å²) >= 11 is 5.01. The number of methoxy groups -OCH3 is 1. The van der Waals surface area contributed by atoms with E-state index in [0.29, 0.717) is 0 Å². The molecule has 0 aromatic carbocycles. The van der Waals surface area contributed by atoms with Crippen LogP contribution in [0.25, 0.3) is 0 Å². The first-order valence-electron chi connectivity index (χ1n) is 4.03. The first-order valence-corrected chi connectivity index (χ1v) is 5.64. The third-order valence-electron chi connectivity index (χ3n) is 2.37. The minimum atomic E-state index is -0.300. The molecule has 1 fully saturated rings. The minimum Gasteiger partial charge on any atom is -0.468 e. The number of carbonyl (C=O) groups excluding carboxylic acids is 1. The molecule has 0 bridgehead atoms. The van der Waals surface area contributed by atoms with E-state index in [1.54, 1.807) is 11.3 Å². The van der Waals surface area contributed by atoms with Gasteiger partial charge in [-0.2, -0.15) is 0 Å². The molecule has 1 heterocycles. The van der Waals surface area contributed by atoms with Crippen LogP contribution in [0, 0.1) is 0 Å². The quantitative estimate of drug-likeness (QED) is 0.765. The molecule has 1 aromatic heterocycles. The molecule has 4 heteroatoms. The second-order valence-electron chi connectivity index (χ2n) is 3.18. The van der Waals surface area contributed by atoms with Crippen LogP contribution in [0.4, 0.5) is 0 Å². The summed E-state index contributed by atoms with van der Waals surface area (Å²) in [7, 11) is 1.45. The van der Waals surface area contributed by atoms with Crippen LogP contribution >= 0.6 is 27.3 Å². The fraction of sp³-hybridized carbons (Fsp3) is 0.444. The van der Waals surface area contributed by atoms with Crippen molar-refractivity contribution in [2.24, 2.45) is 0 Å². The van der Waals surface area contributed by atoms with Gasteiger partial charge in [0.15, 0.2) is 0 Å². The molecule has 0 spiro atoms. The topological polar surface area (TPSA) is 26.3 Å². The summed E-state index contributed by atoms with van der Waals surface area (Å²) in [6.07, 6.45) is 1.85. The second kappa shape index (κ2) is 3.10. The molecule has 0 amide bonds. The Morgan fingerprint density at radius 2 is 2.31 bits per heavy atom. The van der Waals surface area contributed by atoms with Crippen LogP contribution in [0.3, 0.4) is 0 Å². The summed E-state index contributed by atoms with van der Waals surface area (Å²) in [4.78, 5) is 12.6. The molecular formula is C9H9BrO2S. The first-order chi connectivity index (χ1) is 6.19. The standard InChI is InChI=1S/C9H9BrO2S/c1-12-8(11)9(4-5-9)6-2-3-7(10)13-6/h2-3H,4-5H2,1H3. The highest BCUT2D eigenvalue weighted by molar-refractivity contribution is 9.11. The van der Waals surface area contributed by atoms with Crippen LogP contribution in [0.5, 0.6) is 0 Å². The van der Waals surface area contributed by atoms with Crippen molar-refractivity contribution in [3.8, 4) is 0 Å². The summed E-state index contributed by atoms with van der Waals surface area (Å²) in [5.41, 5.74) is -0.300. The zero-order chi connectivity index (χ0) is 9.47. The number of ether oxygens (including phenoxy) is 1. The van der Waals surface area contributed by atoms with Crippen LogP contribution < -0.4 is 0 Å². The van der Waals surface area contributed by atoms with Gasteiger partial charge in [-0.15, -0.1) is 11.3 Å². The molecule has 0 unspecified atom stereocenters. The van der Waals surface area contributed by atoms with Crippen molar-refractivity contribution in [3.63, 3.8) is 0 Å². The first kappa shape index (κ1) is 9.21. The molecule has 1 saturated carbocycles. The van der Waals surface area contributed by atoms with E-state index < -0.39 is 0 Å². The highest BCUT2D eigenvalue weighted by Gasteiger charge is 2.53. The fourth-order valence-electron chi connectivity index (χ4n) is 1.44. The average Bonchev–Trinajstić information content (AvgIpc) is 2.83. The Hall–Kier alpha value is -0.350. The predicted molar refractivity (Wildman–Crippen MR) is 54.9 cm³/mol. The van der Waals surface area contributed by atoms with Crippen molar-refractivity contribution in [3.05, 3.63) is 20.8 Å². The molecule has 0 N–H and O–H groups in total. The lowest BCUT2D eigenvalue weighted by Crippen LogP contribution is -2.20. The number of thiophene rings is 1. The van der Waals surface area contributed by atoms with Crippen molar-refractivity contribution in [2.45, 2.75) is 18.3 Å². The van der Waals surface area contributed by atoms with Crippen molar-refractivity contribution < 1.29 is 9.53 Å². The maximum absolute atomic E-state index is 11.5. The summed E-state index contributed by atoms with van der Waals surface area (Å²) in [5, 5.41) is 0. The van der Waals surface area contributed by atoms with E-state index in [2.05, 4.69) is 15.9 Å². The molecule has 2 rings (SSSR count). The maximum atomic E-state index is 11.5. The Morgan fingerprint density at radius 1 is 1.62 bits per heavy atom. The molecule has 0 atom stereocenters. The van der Waals surface area contributed by atoms with Gasteiger partial charge in [-0.3, -0.25) is 4.79 Å². The van der Waals surface area contributed by atoms with Crippen molar-refractivity contribution in [1.82, 2.24) is 0 Å². The van der Waals surface area contributed by atoms with Gasteiger partial charge < -0.3 is 4.74 Å². The highest BCUT2D eigenvalue weighted by Crippen LogP contribution is 2.51. The monoisotopic (exact) mass is 260 g/mol. The van der Waals surface area contributed by atoms with Gasteiger partial charge in [-0.05, 0) is 40.9 Å². The number of hydrogen-bond acceptors (Lipinski definition) is 3. The van der Waals surface area contributed by atoms with E-state index in [9.17, 15) is 4.79 Å². The molecular weight excluding hydrogens is 252 g/mol. The minimum absolute atomic E-state index is 0.0955. The largest absolute Gasteiger partial charge is 0.468 e. The predicted octanol–water partition coefficient (Wildman–Crippen LogP) is 2.72. The van der Waals surface area contributed by atoms with E-state index >= 15 is 0 Å². The Kier molecular flexibility index (Phi) is 2.20. The summed E-state index contributed by atoms with van der Waals surface area (Å²) in [6, 6.07) is 3.97. The molecule has 0 saturated heterocycles. The molecule has 1 aliphatic carbocycles. The lowest BCUT2D eigenvalue weighted by molar-refractivity contribution is -0.143. The van der Waals surface area contributed by atoms with Gasteiger partial charge in [-0.25, -0.2) is 0 Å². The van der Waals surface area contributed by atoms with Crippen molar-refractivity contribution >= 4 is 33.2 Å². The smallest absolute Gasteiger partial charge is 0.317 e.